The number of hydrogen-bond donors (Lipinski definition) is 0. The van der Waals surface area contributed by atoms with Gasteiger partial charge in [-0.2, -0.15) is 0 Å². The molecule has 0 fully saturated rings. The van der Waals surface area contributed by atoms with Crippen LogP contribution in [0.25, 0.3) is 0 Å². The monoisotopic (exact) mass is 723 g/mol. The van der Waals surface area contributed by atoms with Crippen LogP contribution in [0.1, 0.15) is 252 Å². The third kappa shape index (κ3) is 39.5. The summed E-state index contributed by atoms with van der Waals surface area (Å²) in [6, 6.07) is 0. The molecular formula is C45H86O6. The molecule has 302 valence electrons. The number of hydrogen-bond acceptors (Lipinski definition) is 6. The Balaban J connectivity index is 4.29. The van der Waals surface area contributed by atoms with Crippen LogP contribution < -0.4 is 0 Å². The molecule has 0 aromatic rings. The maximum Gasteiger partial charge on any atom is 0.306 e. The predicted octanol–water partition coefficient (Wildman–Crippen LogP) is 14.1. The summed E-state index contributed by atoms with van der Waals surface area (Å²) in [4.78, 5) is 37.6. The lowest BCUT2D eigenvalue weighted by molar-refractivity contribution is -0.167. The zero-order chi connectivity index (χ0) is 37.3. The first-order chi connectivity index (χ1) is 25.0. The topological polar surface area (TPSA) is 78.9 Å². The van der Waals surface area contributed by atoms with Crippen molar-refractivity contribution in [3.63, 3.8) is 0 Å². The van der Waals surface area contributed by atoms with E-state index in [0.717, 1.165) is 57.8 Å². The van der Waals surface area contributed by atoms with E-state index in [-0.39, 0.29) is 31.1 Å². The molecule has 0 spiro atoms. The quantitative estimate of drug-likeness (QED) is 0.0355. The van der Waals surface area contributed by atoms with E-state index in [1.54, 1.807) is 0 Å². The molecule has 6 nitrogen and oxygen atoms in total. The Labute approximate surface area is 317 Å². The van der Waals surface area contributed by atoms with Gasteiger partial charge in [0, 0.05) is 19.3 Å². The minimum Gasteiger partial charge on any atom is -0.462 e. The third-order valence-electron chi connectivity index (χ3n) is 10.1. The number of rotatable bonds is 41. The van der Waals surface area contributed by atoms with Gasteiger partial charge >= 0.3 is 17.9 Å². The molecule has 0 radical (unpaired) electrons. The first-order valence-corrected chi connectivity index (χ1v) is 22.5. The van der Waals surface area contributed by atoms with E-state index in [9.17, 15) is 14.4 Å². The molecule has 51 heavy (non-hydrogen) atoms. The highest BCUT2D eigenvalue weighted by Gasteiger charge is 2.19. The summed E-state index contributed by atoms with van der Waals surface area (Å²) in [6.45, 7) is 6.62. The first-order valence-electron chi connectivity index (χ1n) is 22.5. The highest BCUT2D eigenvalue weighted by atomic mass is 16.6. The SMILES string of the molecule is CCCCCCCCCCCCCCCC(=O)OC[C@@H](COC(=O)CCCCCCCCCCCCC)OC(=O)CCCCCCCCCCC. The maximum atomic E-state index is 12.6. The second-order valence-corrected chi connectivity index (χ2v) is 15.3. The van der Waals surface area contributed by atoms with Crippen LogP contribution in [0.5, 0.6) is 0 Å². The standard InChI is InChI=1S/C45H86O6/c1-4-7-10-13-16-19-21-22-24-27-29-32-35-38-44(47)50-41-42(51-45(48)39-36-33-30-25-18-15-12-9-6-3)40-49-43(46)37-34-31-28-26-23-20-17-14-11-8-5-2/h42H,4-41H2,1-3H3/t42-/m1/s1. The van der Waals surface area contributed by atoms with Crippen LogP contribution in [-0.4, -0.2) is 37.2 Å². The molecule has 0 saturated heterocycles. The molecule has 0 amide bonds. The van der Waals surface area contributed by atoms with Crippen LogP contribution in [0.4, 0.5) is 0 Å². The number of carbonyl (C=O) groups excluding carboxylic acids is 3. The van der Waals surface area contributed by atoms with Crippen molar-refractivity contribution in [3.8, 4) is 0 Å². The van der Waals surface area contributed by atoms with Crippen LogP contribution in [0.2, 0.25) is 0 Å². The van der Waals surface area contributed by atoms with Crippen molar-refractivity contribution in [3.05, 3.63) is 0 Å². The maximum absolute atomic E-state index is 12.6. The van der Waals surface area contributed by atoms with E-state index < -0.39 is 6.10 Å². The predicted molar refractivity (Wildman–Crippen MR) is 215 cm³/mol. The van der Waals surface area contributed by atoms with E-state index >= 15 is 0 Å². The molecule has 0 aromatic carbocycles. The Kier molecular flexibility index (Phi) is 39.9. The Morgan fingerprint density at radius 2 is 0.529 bits per heavy atom. The van der Waals surface area contributed by atoms with Crippen LogP contribution in [0, 0.1) is 0 Å². The van der Waals surface area contributed by atoms with Crippen molar-refractivity contribution in [2.24, 2.45) is 0 Å². The lowest BCUT2D eigenvalue weighted by Crippen LogP contribution is -2.30. The molecule has 0 aliphatic heterocycles. The van der Waals surface area contributed by atoms with Gasteiger partial charge in [-0.1, -0.05) is 213 Å². The average molecular weight is 723 g/mol. The van der Waals surface area contributed by atoms with Gasteiger partial charge < -0.3 is 14.2 Å². The van der Waals surface area contributed by atoms with Gasteiger partial charge in [0.25, 0.3) is 0 Å². The number of carbonyl (C=O) groups is 3. The van der Waals surface area contributed by atoms with Gasteiger partial charge in [0.1, 0.15) is 13.2 Å². The molecule has 0 aliphatic carbocycles. The minimum atomic E-state index is -0.757. The number of unbranched alkanes of at least 4 members (excludes halogenated alkanes) is 30. The van der Waals surface area contributed by atoms with Gasteiger partial charge in [0.2, 0.25) is 0 Å². The summed E-state index contributed by atoms with van der Waals surface area (Å²) in [7, 11) is 0. The van der Waals surface area contributed by atoms with Crippen molar-refractivity contribution < 1.29 is 28.6 Å². The Bertz CT molecular complexity index is 753. The normalized spacial score (nSPS) is 11.8. The second kappa shape index (κ2) is 41.2. The summed E-state index contributed by atoms with van der Waals surface area (Å²) in [5.74, 6) is -0.855. The fourth-order valence-corrected chi connectivity index (χ4v) is 6.68. The summed E-state index contributed by atoms with van der Waals surface area (Å²) in [6.07, 6.45) is 40.8. The molecule has 0 aromatic heterocycles. The van der Waals surface area contributed by atoms with Gasteiger partial charge in [-0.15, -0.1) is 0 Å². The third-order valence-corrected chi connectivity index (χ3v) is 10.1. The van der Waals surface area contributed by atoms with Crippen molar-refractivity contribution in [2.75, 3.05) is 13.2 Å². The van der Waals surface area contributed by atoms with E-state index in [4.69, 9.17) is 14.2 Å². The largest absolute Gasteiger partial charge is 0.462 e. The van der Waals surface area contributed by atoms with Gasteiger partial charge in [-0.25, -0.2) is 0 Å². The van der Waals surface area contributed by atoms with Gasteiger partial charge in [-0.3, -0.25) is 14.4 Å². The smallest absolute Gasteiger partial charge is 0.306 e. The Morgan fingerprint density at radius 1 is 0.314 bits per heavy atom. The molecular weight excluding hydrogens is 636 g/mol. The number of ether oxygens (including phenoxy) is 3. The lowest BCUT2D eigenvalue weighted by atomic mass is 10.0. The summed E-state index contributed by atoms with van der Waals surface area (Å²) < 4.78 is 16.7. The van der Waals surface area contributed by atoms with E-state index in [1.165, 1.54) is 154 Å². The second-order valence-electron chi connectivity index (χ2n) is 15.3. The molecule has 0 aliphatic rings. The van der Waals surface area contributed by atoms with E-state index in [2.05, 4.69) is 20.8 Å². The summed E-state index contributed by atoms with van der Waals surface area (Å²) in [5.41, 5.74) is 0. The molecule has 0 unspecified atom stereocenters. The highest BCUT2D eigenvalue weighted by Crippen LogP contribution is 2.15. The first kappa shape index (κ1) is 49.4. The molecule has 0 rings (SSSR count). The van der Waals surface area contributed by atoms with Crippen LogP contribution >= 0.6 is 0 Å². The Hall–Kier alpha value is -1.59. The number of esters is 3. The van der Waals surface area contributed by atoms with Crippen molar-refractivity contribution in [1.82, 2.24) is 0 Å². The van der Waals surface area contributed by atoms with Gasteiger partial charge in [0.05, 0.1) is 0 Å². The van der Waals surface area contributed by atoms with E-state index in [1.807, 2.05) is 0 Å². The highest BCUT2D eigenvalue weighted by molar-refractivity contribution is 5.71. The fourth-order valence-electron chi connectivity index (χ4n) is 6.68. The average Bonchev–Trinajstić information content (AvgIpc) is 3.12. The lowest BCUT2D eigenvalue weighted by Gasteiger charge is -2.18. The fraction of sp³-hybridized carbons (Fsp3) is 0.933. The summed E-state index contributed by atoms with van der Waals surface area (Å²) >= 11 is 0. The van der Waals surface area contributed by atoms with Crippen molar-refractivity contribution in [2.45, 2.75) is 258 Å². The molecule has 0 bridgehead atoms. The van der Waals surface area contributed by atoms with Crippen molar-refractivity contribution in [1.29, 1.82) is 0 Å². The minimum absolute atomic E-state index is 0.0630. The van der Waals surface area contributed by atoms with Gasteiger partial charge in [0.15, 0.2) is 6.10 Å². The molecule has 0 heterocycles. The Morgan fingerprint density at radius 3 is 0.784 bits per heavy atom. The molecule has 1 atom stereocenters. The zero-order valence-electron chi connectivity index (χ0n) is 34.4. The zero-order valence-corrected chi connectivity index (χ0v) is 34.4. The van der Waals surface area contributed by atoms with E-state index in [0.29, 0.717) is 19.3 Å². The van der Waals surface area contributed by atoms with Gasteiger partial charge in [-0.05, 0) is 19.3 Å². The van der Waals surface area contributed by atoms with Crippen LogP contribution in [0.3, 0.4) is 0 Å². The van der Waals surface area contributed by atoms with Crippen LogP contribution in [-0.2, 0) is 28.6 Å². The summed E-state index contributed by atoms with van der Waals surface area (Å²) in [5, 5.41) is 0. The van der Waals surface area contributed by atoms with Crippen molar-refractivity contribution >= 4 is 17.9 Å². The molecule has 0 saturated carbocycles. The van der Waals surface area contributed by atoms with Crippen LogP contribution in [0.15, 0.2) is 0 Å². The molecule has 0 N–H and O–H groups in total. The molecule has 6 heteroatoms.